The van der Waals surface area contributed by atoms with E-state index in [1.165, 1.54) is 18.4 Å². The van der Waals surface area contributed by atoms with Gasteiger partial charge >= 0.3 is 0 Å². The molecule has 194 valence electrons. The highest BCUT2D eigenvalue weighted by molar-refractivity contribution is 5.60. The van der Waals surface area contributed by atoms with Gasteiger partial charge in [0.1, 0.15) is 5.82 Å². The first-order valence-electron chi connectivity index (χ1n) is 13.3. The Hall–Kier alpha value is -3.27. The topological polar surface area (TPSA) is 67.0 Å². The number of aromatic nitrogens is 5. The minimum atomic E-state index is 0.674. The van der Waals surface area contributed by atoms with Crippen LogP contribution in [0.4, 0.5) is 5.82 Å². The second-order valence-electron chi connectivity index (χ2n) is 10.5. The quantitative estimate of drug-likeness (QED) is 0.403. The van der Waals surface area contributed by atoms with Gasteiger partial charge in [-0.25, -0.2) is 9.67 Å². The molecule has 0 bridgehead atoms. The summed E-state index contributed by atoms with van der Waals surface area (Å²) in [6.45, 7) is 8.24. The molecule has 0 radical (unpaired) electrons. The van der Waals surface area contributed by atoms with Crippen molar-refractivity contribution < 1.29 is 4.74 Å². The maximum absolute atomic E-state index is 5.63. The lowest BCUT2D eigenvalue weighted by Crippen LogP contribution is -2.41. The van der Waals surface area contributed by atoms with Gasteiger partial charge in [0.15, 0.2) is 11.5 Å². The summed E-state index contributed by atoms with van der Waals surface area (Å²) in [5.74, 6) is 1.83. The van der Waals surface area contributed by atoms with E-state index < -0.39 is 0 Å². The third-order valence-corrected chi connectivity index (χ3v) is 7.59. The smallest absolute Gasteiger partial charge is 0.160 e. The van der Waals surface area contributed by atoms with Gasteiger partial charge in [0.05, 0.1) is 24.6 Å². The molecule has 37 heavy (non-hydrogen) atoms. The van der Waals surface area contributed by atoms with Crippen molar-refractivity contribution >= 4 is 11.5 Å². The molecule has 0 N–H and O–H groups in total. The summed E-state index contributed by atoms with van der Waals surface area (Å²) in [6, 6.07) is 15.4. The van der Waals surface area contributed by atoms with E-state index in [-0.39, 0.29) is 0 Å². The Kier molecular flexibility index (Phi) is 6.67. The lowest BCUT2D eigenvalue weighted by Gasteiger charge is -2.34. The van der Waals surface area contributed by atoms with Crippen molar-refractivity contribution in [3.8, 4) is 17.1 Å². The molecular weight excluding hydrogens is 464 g/mol. The molecule has 0 unspecified atom stereocenters. The van der Waals surface area contributed by atoms with E-state index in [2.05, 4.69) is 72.1 Å². The first-order valence-corrected chi connectivity index (χ1v) is 13.3. The Balaban J connectivity index is 1.32. The van der Waals surface area contributed by atoms with Crippen LogP contribution in [0.25, 0.3) is 22.7 Å². The van der Waals surface area contributed by atoms with Crippen LogP contribution in [0.5, 0.6) is 0 Å². The Bertz CT molecular complexity index is 1360. The normalized spacial score (nSPS) is 17.8. The zero-order chi connectivity index (χ0) is 25.4. The van der Waals surface area contributed by atoms with Gasteiger partial charge in [-0.2, -0.15) is 14.7 Å². The van der Waals surface area contributed by atoms with Gasteiger partial charge in [-0.3, -0.25) is 4.90 Å². The van der Waals surface area contributed by atoms with Crippen LogP contribution in [-0.4, -0.2) is 93.7 Å². The van der Waals surface area contributed by atoms with E-state index in [0.29, 0.717) is 19.3 Å². The van der Waals surface area contributed by atoms with Crippen LogP contribution in [-0.2, 0) is 11.3 Å². The number of anilines is 1. The van der Waals surface area contributed by atoms with Gasteiger partial charge in [0.25, 0.3) is 0 Å². The van der Waals surface area contributed by atoms with Crippen molar-refractivity contribution in [1.29, 1.82) is 0 Å². The molecule has 6 rings (SSSR count). The number of nitrogens with zero attached hydrogens (tertiary/aromatic N) is 8. The summed E-state index contributed by atoms with van der Waals surface area (Å²) < 4.78 is 9.50. The van der Waals surface area contributed by atoms with Crippen LogP contribution in [0.3, 0.4) is 0 Å². The first-order chi connectivity index (χ1) is 18.0. The van der Waals surface area contributed by atoms with E-state index in [1.807, 2.05) is 21.5 Å². The Labute approximate surface area is 218 Å². The van der Waals surface area contributed by atoms with Crippen LogP contribution in [0, 0.1) is 6.92 Å². The average molecular weight is 501 g/mol. The van der Waals surface area contributed by atoms with Gasteiger partial charge in [-0.1, -0.05) is 23.8 Å². The molecule has 5 heterocycles. The molecule has 2 aliphatic heterocycles. The first kappa shape index (κ1) is 24.1. The molecule has 2 fully saturated rings. The molecule has 0 saturated carbocycles. The zero-order valence-corrected chi connectivity index (χ0v) is 22.0. The highest BCUT2D eigenvalue weighted by atomic mass is 16.5. The predicted molar refractivity (Wildman–Crippen MR) is 145 cm³/mol. The molecule has 9 heteroatoms. The fraction of sp³-hybridized carbons (Fsp3) is 0.464. The SMILES string of the molecule is Cc1cccc(-c2ccn(-c3cc(N4CCOCC4)n4nc(CN5CCC(N(C)C)CC5)cc4n3)n2)c1. The van der Waals surface area contributed by atoms with Gasteiger partial charge in [0, 0.05) is 62.7 Å². The maximum Gasteiger partial charge on any atom is 0.160 e. The van der Waals surface area contributed by atoms with Crippen LogP contribution >= 0.6 is 0 Å². The molecular formula is C28H36N8O. The number of rotatable bonds is 6. The van der Waals surface area contributed by atoms with E-state index in [0.717, 1.165) is 67.0 Å². The van der Waals surface area contributed by atoms with E-state index in [1.54, 1.807) is 0 Å². The van der Waals surface area contributed by atoms with Gasteiger partial charge in [-0.15, -0.1) is 0 Å². The molecule has 0 atom stereocenters. The number of ether oxygens (including phenoxy) is 1. The minimum absolute atomic E-state index is 0.674. The molecule has 9 nitrogen and oxygen atoms in total. The van der Waals surface area contributed by atoms with Crippen molar-refractivity contribution in [2.75, 3.05) is 58.4 Å². The van der Waals surface area contributed by atoms with Crippen molar-refractivity contribution in [3.05, 3.63) is 59.9 Å². The van der Waals surface area contributed by atoms with Crippen LogP contribution in [0.2, 0.25) is 0 Å². The highest BCUT2D eigenvalue weighted by Crippen LogP contribution is 2.25. The molecule has 2 saturated heterocycles. The standard InChI is InChI=1S/C28H36N8O/c1-21-5-4-6-22(17-21)25-9-12-35(31-25)26-19-28(34-13-15-37-16-14-34)36-27(29-26)18-23(30-36)20-33-10-7-24(8-11-33)32(2)3/h4-6,9,12,17-19,24H,7-8,10-11,13-16,20H2,1-3H3. The second kappa shape index (κ2) is 10.2. The van der Waals surface area contributed by atoms with Gasteiger partial charge < -0.3 is 14.5 Å². The van der Waals surface area contributed by atoms with E-state index in [9.17, 15) is 0 Å². The zero-order valence-electron chi connectivity index (χ0n) is 22.0. The molecule has 0 amide bonds. The van der Waals surface area contributed by atoms with Crippen molar-refractivity contribution in [2.24, 2.45) is 0 Å². The molecule has 1 aromatic carbocycles. The van der Waals surface area contributed by atoms with Crippen LogP contribution in [0.1, 0.15) is 24.1 Å². The largest absolute Gasteiger partial charge is 0.378 e. The van der Waals surface area contributed by atoms with Gasteiger partial charge in [-0.05, 0) is 46.0 Å². The third-order valence-electron chi connectivity index (χ3n) is 7.59. The third kappa shape index (κ3) is 5.12. The van der Waals surface area contributed by atoms with Crippen molar-refractivity contribution in [3.63, 3.8) is 0 Å². The fourth-order valence-electron chi connectivity index (χ4n) is 5.44. The summed E-state index contributed by atoms with van der Waals surface area (Å²) in [5, 5.41) is 9.90. The number of morpholine rings is 1. The monoisotopic (exact) mass is 500 g/mol. The lowest BCUT2D eigenvalue weighted by atomic mass is 10.0. The van der Waals surface area contributed by atoms with Crippen molar-refractivity contribution in [2.45, 2.75) is 32.4 Å². The Morgan fingerprint density at radius 3 is 2.54 bits per heavy atom. The number of hydrogen-bond acceptors (Lipinski definition) is 7. The van der Waals surface area contributed by atoms with Gasteiger partial charge in [0.2, 0.25) is 0 Å². The average Bonchev–Trinajstić information content (AvgIpc) is 3.56. The number of hydrogen-bond donors (Lipinski definition) is 0. The predicted octanol–water partition coefficient (Wildman–Crippen LogP) is 3.25. The van der Waals surface area contributed by atoms with Crippen molar-refractivity contribution in [1.82, 2.24) is 34.2 Å². The van der Waals surface area contributed by atoms with E-state index >= 15 is 0 Å². The summed E-state index contributed by atoms with van der Waals surface area (Å²) in [7, 11) is 4.37. The fourth-order valence-corrected chi connectivity index (χ4v) is 5.44. The van der Waals surface area contributed by atoms with E-state index in [4.69, 9.17) is 19.9 Å². The summed E-state index contributed by atoms with van der Waals surface area (Å²) in [4.78, 5) is 12.2. The van der Waals surface area contributed by atoms with Crippen LogP contribution < -0.4 is 4.90 Å². The van der Waals surface area contributed by atoms with Crippen LogP contribution in [0.15, 0.2) is 48.7 Å². The Morgan fingerprint density at radius 2 is 1.78 bits per heavy atom. The summed E-state index contributed by atoms with van der Waals surface area (Å²) in [5.41, 5.74) is 5.18. The number of aryl methyl sites for hydroxylation is 1. The lowest BCUT2D eigenvalue weighted by molar-refractivity contribution is 0.122. The summed E-state index contributed by atoms with van der Waals surface area (Å²) >= 11 is 0. The molecule has 3 aromatic heterocycles. The maximum atomic E-state index is 5.63. The number of likely N-dealkylation sites (tertiary alicyclic amines) is 1. The second-order valence-corrected chi connectivity index (χ2v) is 10.5. The number of fused-ring (bicyclic) bond motifs is 1. The molecule has 4 aromatic rings. The number of benzene rings is 1. The summed E-state index contributed by atoms with van der Waals surface area (Å²) in [6.07, 6.45) is 4.39. The molecule has 0 aliphatic carbocycles. The highest BCUT2D eigenvalue weighted by Gasteiger charge is 2.23. The minimum Gasteiger partial charge on any atom is -0.378 e. The molecule has 2 aliphatic rings. The Morgan fingerprint density at radius 1 is 0.973 bits per heavy atom. The molecule has 0 spiro atoms. The number of piperidine rings is 1.